The number of Topliss-reactive ketones (excluding diaryl/α,β-unsaturated/α-hetero) is 1. The molecule has 18 heavy (non-hydrogen) atoms. The van der Waals surface area contributed by atoms with Crippen molar-refractivity contribution in [3.63, 3.8) is 0 Å². The Morgan fingerprint density at radius 3 is 2.61 bits per heavy atom. The maximum absolute atomic E-state index is 12.1. The first-order chi connectivity index (χ1) is 8.77. The number of aliphatic hydroxyl groups excluding tert-OH is 1. The van der Waals surface area contributed by atoms with E-state index in [0.29, 0.717) is 12.8 Å². The minimum absolute atomic E-state index is 0.0406. The molecule has 0 fully saturated rings. The maximum Gasteiger partial charge on any atom is 0.146 e. The molecule has 1 aromatic rings. The number of carbonyl (C=O) groups is 1. The van der Waals surface area contributed by atoms with Crippen LogP contribution in [-0.2, 0) is 4.79 Å². The third-order valence-electron chi connectivity index (χ3n) is 2.78. The van der Waals surface area contributed by atoms with E-state index in [1.807, 2.05) is 30.3 Å². The van der Waals surface area contributed by atoms with E-state index in [2.05, 4.69) is 6.92 Å². The van der Waals surface area contributed by atoms with E-state index in [4.69, 9.17) is 5.11 Å². The summed E-state index contributed by atoms with van der Waals surface area (Å²) in [5, 5.41) is 8.84. The zero-order valence-electron chi connectivity index (χ0n) is 11.0. The van der Waals surface area contributed by atoms with E-state index in [1.165, 1.54) is 0 Å². The van der Waals surface area contributed by atoms with Crippen LogP contribution >= 0.6 is 11.8 Å². The Hall–Kier alpha value is -0.800. The monoisotopic (exact) mass is 266 g/mol. The van der Waals surface area contributed by atoms with Gasteiger partial charge in [0.25, 0.3) is 0 Å². The molecule has 1 N–H and O–H groups in total. The number of hydrogen-bond donors (Lipinski definition) is 1. The normalized spacial score (nSPS) is 12.3. The Bertz CT molecular complexity index is 338. The second-order valence-electron chi connectivity index (χ2n) is 4.36. The average Bonchev–Trinajstić information content (AvgIpc) is 2.42. The van der Waals surface area contributed by atoms with Crippen molar-refractivity contribution in [3.8, 4) is 0 Å². The molecule has 1 rings (SSSR count). The zero-order valence-corrected chi connectivity index (χ0v) is 11.8. The number of benzene rings is 1. The molecule has 1 unspecified atom stereocenters. The molecule has 0 saturated carbocycles. The van der Waals surface area contributed by atoms with E-state index >= 15 is 0 Å². The van der Waals surface area contributed by atoms with Crippen LogP contribution in [0.4, 0.5) is 0 Å². The van der Waals surface area contributed by atoms with E-state index in [0.717, 1.165) is 24.2 Å². The summed E-state index contributed by atoms with van der Waals surface area (Å²) >= 11 is 1.66. The summed E-state index contributed by atoms with van der Waals surface area (Å²) in [6.07, 6.45) is 4.19. The lowest BCUT2D eigenvalue weighted by Gasteiger charge is -2.15. The number of rotatable bonds is 9. The molecule has 0 saturated heterocycles. The van der Waals surface area contributed by atoms with Gasteiger partial charge in [-0.2, -0.15) is 0 Å². The third-order valence-corrected chi connectivity index (χ3v) is 4.11. The number of aliphatic hydroxyl groups is 1. The van der Waals surface area contributed by atoms with Crippen molar-refractivity contribution in [2.75, 3.05) is 6.61 Å². The van der Waals surface area contributed by atoms with Gasteiger partial charge >= 0.3 is 0 Å². The predicted octanol–water partition coefficient (Wildman–Crippen LogP) is 3.68. The van der Waals surface area contributed by atoms with Crippen molar-refractivity contribution in [2.45, 2.75) is 49.2 Å². The first-order valence-corrected chi connectivity index (χ1v) is 7.51. The Morgan fingerprint density at radius 2 is 2.00 bits per heavy atom. The molecule has 1 atom stereocenters. The Balaban J connectivity index is 2.57. The van der Waals surface area contributed by atoms with Gasteiger partial charge in [-0.1, -0.05) is 38.0 Å². The number of thioether (sulfide) groups is 1. The Morgan fingerprint density at radius 1 is 1.28 bits per heavy atom. The van der Waals surface area contributed by atoms with Gasteiger partial charge in [0.15, 0.2) is 0 Å². The van der Waals surface area contributed by atoms with Gasteiger partial charge in [0, 0.05) is 17.9 Å². The van der Waals surface area contributed by atoms with E-state index in [1.54, 1.807) is 11.8 Å². The highest BCUT2D eigenvalue weighted by atomic mass is 32.2. The van der Waals surface area contributed by atoms with Crippen LogP contribution in [0.3, 0.4) is 0 Å². The SMILES string of the molecule is CCCCC(Sc1ccccc1)C(=O)CCCO. The smallest absolute Gasteiger partial charge is 0.146 e. The van der Waals surface area contributed by atoms with Crippen molar-refractivity contribution in [2.24, 2.45) is 0 Å². The van der Waals surface area contributed by atoms with Gasteiger partial charge < -0.3 is 5.11 Å². The molecule has 2 nitrogen and oxygen atoms in total. The summed E-state index contributed by atoms with van der Waals surface area (Å²) < 4.78 is 0. The van der Waals surface area contributed by atoms with Gasteiger partial charge in [-0.05, 0) is 25.0 Å². The molecular formula is C15H22O2S. The molecule has 100 valence electrons. The Labute approximate surface area is 114 Å². The molecule has 1 aromatic carbocycles. The van der Waals surface area contributed by atoms with Crippen LogP contribution in [0, 0.1) is 0 Å². The Kier molecular flexibility index (Phi) is 7.78. The summed E-state index contributed by atoms with van der Waals surface area (Å²) in [6, 6.07) is 10.1. The molecule has 0 spiro atoms. The number of unbranched alkanes of at least 4 members (excludes halogenated alkanes) is 1. The fourth-order valence-electron chi connectivity index (χ4n) is 1.75. The van der Waals surface area contributed by atoms with E-state index in [9.17, 15) is 4.79 Å². The molecule has 0 radical (unpaired) electrons. The summed E-state index contributed by atoms with van der Waals surface area (Å²) in [4.78, 5) is 13.2. The van der Waals surface area contributed by atoms with Crippen LogP contribution < -0.4 is 0 Å². The minimum atomic E-state index is 0.0406. The van der Waals surface area contributed by atoms with Crippen molar-refractivity contribution in [1.29, 1.82) is 0 Å². The highest BCUT2D eigenvalue weighted by Crippen LogP contribution is 2.28. The van der Waals surface area contributed by atoms with Gasteiger partial charge in [-0.3, -0.25) is 4.79 Å². The largest absolute Gasteiger partial charge is 0.396 e. The standard InChI is InChI=1S/C15H22O2S/c1-2-3-11-15(14(17)10-7-12-16)18-13-8-5-4-6-9-13/h4-6,8-9,15-16H,2-3,7,10-12H2,1H3. The number of hydrogen-bond acceptors (Lipinski definition) is 3. The van der Waals surface area contributed by atoms with Crippen LogP contribution in [0.5, 0.6) is 0 Å². The molecule has 0 aliphatic heterocycles. The quantitative estimate of drug-likeness (QED) is 0.693. The molecule has 0 heterocycles. The predicted molar refractivity (Wildman–Crippen MR) is 76.9 cm³/mol. The lowest BCUT2D eigenvalue weighted by Crippen LogP contribution is -2.17. The lowest BCUT2D eigenvalue weighted by atomic mass is 10.1. The van der Waals surface area contributed by atoms with Gasteiger partial charge in [-0.15, -0.1) is 11.8 Å². The van der Waals surface area contributed by atoms with Crippen molar-refractivity contribution < 1.29 is 9.90 Å². The lowest BCUT2D eigenvalue weighted by molar-refractivity contribution is -0.118. The molecule has 0 bridgehead atoms. The molecular weight excluding hydrogens is 244 g/mol. The van der Waals surface area contributed by atoms with Crippen LogP contribution in [0.25, 0.3) is 0 Å². The summed E-state index contributed by atoms with van der Waals surface area (Å²) in [5.74, 6) is 0.270. The minimum Gasteiger partial charge on any atom is -0.396 e. The molecule has 0 aromatic heterocycles. The van der Waals surface area contributed by atoms with Crippen LogP contribution in [0.1, 0.15) is 39.0 Å². The average molecular weight is 266 g/mol. The van der Waals surface area contributed by atoms with Crippen molar-refractivity contribution in [1.82, 2.24) is 0 Å². The second kappa shape index (κ2) is 9.17. The van der Waals surface area contributed by atoms with Crippen molar-refractivity contribution in [3.05, 3.63) is 30.3 Å². The second-order valence-corrected chi connectivity index (χ2v) is 5.63. The molecule has 3 heteroatoms. The highest BCUT2D eigenvalue weighted by Gasteiger charge is 2.18. The van der Waals surface area contributed by atoms with Crippen LogP contribution in [0.15, 0.2) is 35.2 Å². The molecule has 0 aliphatic carbocycles. The van der Waals surface area contributed by atoms with Crippen molar-refractivity contribution >= 4 is 17.5 Å². The fourth-order valence-corrected chi connectivity index (χ4v) is 2.93. The van der Waals surface area contributed by atoms with E-state index in [-0.39, 0.29) is 17.6 Å². The third kappa shape index (κ3) is 5.69. The van der Waals surface area contributed by atoms with Gasteiger partial charge in [-0.25, -0.2) is 0 Å². The van der Waals surface area contributed by atoms with Gasteiger partial charge in [0.2, 0.25) is 0 Å². The van der Waals surface area contributed by atoms with Crippen LogP contribution in [-0.4, -0.2) is 22.7 Å². The van der Waals surface area contributed by atoms with Gasteiger partial charge in [0.1, 0.15) is 5.78 Å². The molecule has 0 amide bonds. The van der Waals surface area contributed by atoms with Gasteiger partial charge in [0.05, 0.1) is 5.25 Å². The number of ketones is 1. The first-order valence-electron chi connectivity index (χ1n) is 6.63. The summed E-state index contributed by atoms with van der Waals surface area (Å²) in [6.45, 7) is 2.24. The highest BCUT2D eigenvalue weighted by molar-refractivity contribution is 8.00. The topological polar surface area (TPSA) is 37.3 Å². The summed E-state index contributed by atoms with van der Waals surface area (Å²) in [7, 11) is 0. The molecule has 0 aliphatic rings. The van der Waals surface area contributed by atoms with Crippen LogP contribution in [0.2, 0.25) is 0 Å². The fraction of sp³-hybridized carbons (Fsp3) is 0.533. The number of carbonyl (C=O) groups excluding carboxylic acids is 1. The zero-order chi connectivity index (χ0) is 13.2. The first kappa shape index (κ1) is 15.3. The maximum atomic E-state index is 12.1. The van der Waals surface area contributed by atoms with E-state index < -0.39 is 0 Å². The summed E-state index contributed by atoms with van der Waals surface area (Å²) in [5.41, 5.74) is 0.